The maximum absolute atomic E-state index is 9.61. The molecule has 0 bridgehead atoms. The van der Waals surface area contributed by atoms with Crippen molar-refractivity contribution in [3.63, 3.8) is 0 Å². The smallest absolute Gasteiger partial charge is 0.0991 e. The second-order valence-electron chi connectivity index (χ2n) is 12.7. The van der Waals surface area contributed by atoms with Gasteiger partial charge in [0, 0.05) is 43.6 Å². The van der Waals surface area contributed by atoms with Crippen molar-refractivity contribution in [2.75, 3.05) is 0 Å². The number of nitriles is 1. The number of para-hydroxylation sites is 1. The quantitative estimate of drug-likeness (QED) is 0.145. The molecule has 226 valence electrons. The van der Waals surface area contributed by atoms with Gasteiger partial charge in [0.2, 0.25) is 0 Å². The molecule has 3 heteroatoms. The van der Waals surface area contributed by atoms with Crippen molar-refractivity contribution in [1.29, 1.82) is 5.26 Å². The maximum atomic E-state index is 9.61. The molecule has 0 saturated carbocycles. The molecule has 0 aliphatic heterocycles. The summed E-state index contributed by atoms with van der Waals surface area (Å²) >= 11 is 0. The van der Waals surface area contributed by atoms with Crippen molar-refractivity contribution in [3.8, 4) is 34.0 Å². The van der Waals surface area contributed by atoms with Gasteiger partial charge in [0.25, 0.3) is 0 Å². The highest BCUT2D eigenvalue weighted by Crippen LogP contribution is 2.41. The van der Waals surface area contributed by atoms with Gasteiger partial charge in [-0.3, -0.25) is 0 Å². The first-order valence-corrected chi connectivity index (χ1v) is 16.5. The maximum Gasteiger partial charge on any atom is 0.0991 e. The van der Waals surface area contributed by atoms with E-state index < -0.39 is 0 Å². The van der Waals surface area contributed by atoms with E-state index >= 15 is 0 Å². The fourth-order valence-corrected chi connectivity index (χ4v) is 7.70. The third kappa shape index (κ3) is 4.18. The van der Waals surface area contributed by atoms with Gasteiger partial charge in [-0.1, -0.05) is 121 Å². The summed E-state index contributed by atoms with van der Waals surface area (Å²) in [5.41, 5.74) is 10.6. The van der Waals surface area contributed by atoms with E-state index in [4.69, 9.17) is 4.98 Å². The summed E-state index contributed by atoms with van der Waals surface area (Å²) in [6.07, 6.45) is 0. The highest BCUT2D eigenvalue weighted by Gasteiger charge is 2.17. The molecule has 49 heavy (non-hydrogen) atoms. The van der Waals surface area contributed by atoms with Gasteiger partial charge in [-0.15, -0.1) is 0 Å². The van der Waals surface area contributed by atoms with Gasteiger partial charge >= 0.3 is 0 Å². The van der Waals surface area contributed by atoms with Crippen LogP contribution in [0.2, 0.25) is 0 Å². The van der Waals surface area contributed by atoms with E-state index in [0.29, 0.717) is 5.56 Å². The average molecular weight is 622 g/mol. The highest BCUT2D eigenvalue weighted by molar-refractivity contribution is 6.21. The van der Waals surface area contributed by atoms with Crippen LogP contribution < -0.4 is 0 Å². The van der Waals surface area contributed by atoms with Crippen LogP contribution in [0, 0.1) is 11.3 Å². The summed E-state index contributed by atoms with van der Waals surface area (Å²) < 4.78 is 2.30. The molecule has 0 atom stereocenters. The summed E-state index contributed by atoms with van der Waals surface area (Å²) in [5.74, 6) is 0. The first-order valence-electron chi connectivity index (χ1n) is 16.5. The van der Waals surface area contributed by atoms with Gasteiger partial charge in [-0.25, -0.2) is 4.98 Å². The van der Waals surface area contributed by atoms with Crippen LogP contribution >= 0.6 is 0 Å². The molecule has 0 aliphatic carbocycles. The number of hydrogen-bond donors (Lipinski definition) is 0. The molecule has 2 aromatic heterocycles. The Bertz CT molecular complexity index is 3000. The minimum atomic E-state index is 0.664. The van der Waals surface area contributed by atoms with E-state index in [1.807, 2.05) is 12.1 Å². The van der Waals surface area contributed by atoms with Gasteiger partial charge in [-0.2, -0.15) is 5.26 Å². The molecule has 0 fully saturated rings. The zero-order valence-corrected chi connectivity index (χ0v) is 26.4. The van der Waals surface area contributed by atoms with Crippen LogP contribution in [0.25, 0.3) is 93.1 Å². The van der Waals surface area contributed by atoms with Gasteiger partial charge in [0.1, 0.15) is 0 Å². The SMILES string of the molecule is N#Cc1ccc2c(c1)c1ccccc1n2-c1cccc(-c2ccc3ccc4c(-c5ccccc5)c5ccc6ccccc6c5nc4c3c2)c1. The number of aromatic nitrogens is 2. The Morgan fingerprint density at radius 3 is 1.92 bits per heavy atom. The molecule has 0 radical (unpaired) electrons. The summed E-state index contributed by atoms with van der Waals surface area (Å²) in [5, 5.41) is 18.8. The van der Waals surface area contributed by atoms with Crippen LogP contribution in [-0.4, -0.2) is 9.55 Å². The first kappa shape index (κ1) is 27.4. The van der Waals surface area contributed by atoms with Gasteiger partial charge in [0.15, 0.2) is 0 Å². The fraction of sp³-hybridized carbons (Fsp3) is 0. The number of rotatable bonds is 3. The molecular weight excluding hydrogens is 595 g/mol. The Morgan fingerprint density at radius 2 is 1.08 bits per heavy atom. The lowest BCUT2D eigenvalue weighted by atomic mass is 9.92. The molecule has 0 N–H and O–H groups in total. The predicted octanol–water partition coefficient (Wildman–Crippen LogP) is 12.0. The van der Waals surface area contributed by atoms with E-state index in [9.17, 15) is 5.26 Å². The first-order chi connectivity index (χ1) is 24.2. The molecule has 0 saturated heterocycles. The van der Waals surface area contributed by atoms with Crippen molar-refractivity contribution in [3.05, 3.63) is 169 Å². The highest BCUT2D eigenvalue weighted by atomic mass is 15.0. The summed E-state index contributed by atoms with van der Waals surface area (Å²) in [4.78, 5) is 5.47. The zero-order valence-electron chi connectivity index (χ0n) is 26.4. The van der Waals surface area contributed by atoms with Gasteiger partial charge < -0.3 is 4.57 Å². The van der Waals surface area contributed by atoms with E-state index in [1.54, 1.807) is 0 Å². The monoisotopic (exact) mass is 621 g/mol. The van der Waals surface area contributed by atoms with Crippen LogP contribution in [-0.2, 0) is 0 Å². The Morgan fingerprint density at radius 1 is 0.429 bits per heavy atom. The van der Waals surface area contributed by atoms with Crippen LogP contribution in [0.4, 0.5) is 0 Å². The van der Waals surface area contributed by atoms with Crippen molar-refractivity contribution < 1.29 is 0 Å². The van der Waals surface area contributed by atoms with E-state index in [2.05, 4.69) is 162 Å². The molecule has 0 aliphatic rings. The fourth-order valence-electron chi connectivity index (χ4n) is 7.70. The van der Waals surface area contributed by atoms with E-state index in [1.165, 1.54) is 16.5 Å². The Labute approximate surface area is 282 Å². The molecule has 8 aromatic carbocycles. The van der Waals surface area contributed by atoms with Crippen LogP contribution in [0.5, 0.6) is 0 Å². The lowest BCUT2D eigenvalue weighted by Crippen LogP contribution is -1.94. The number of pyridine rings is 1. The van der Waals surface area contributed by atoms with Crippen LogP contribution in [0.15, 0.2) is 164 Å². The van der Waals surface area contributed by atoms with Gasteiger partial charge in [0.05, 0.1) is 33.7 Å². The zero-order chi connectivity index (χ0) is 32.5. The van der Waals surface area contributed by atoms with Gasteiger partial charge in [-0.05, 0) is 69.9 Å². The Kier molecular flexibility index (Phi) is 5.94. The third-order valence-electron chi connectivity index (χ3n) is 9.96. The second-order valence-corrected chi connectivity index (χ2v) is 12.7. The number of nitrogens with zero attached hydrogens (tertiary/aromatic N) is 3. The third-order valence-corrected chi connectivity index (χ3v) is 9.96. The van der Waals surface area contributed by atoms with Crippen LogP contribution in [0.3, 0.4) is 0 Å². The van der Waals surface area contributed by atoms with Crippen molar-refractivity contribution >= 4 is 65.2 Å². The standard InChI is InChI=1S/C46H27N3/c47-28-29-17-24-43-41(25-29)37-15-6-7-16-42(37)49(43)35-13-8-12-33(26-35)34-19-18-31-21-23-39-44(32-10-2-1-3-11-32)38-22-20-30-9-4-5-14-36(30)45(38)48-46(39)40(31)27-34/h1-27H. The Balaban J connectivity index is 1.22. The average Bonchev–Trinajstić information content (AvgIpc) is 3.50. The minimum absolute atomic E-state index is 0.664. The van der Waals surface area contributed by atoms with Crippen molar-refractivity contribution in [1.82, 2.24) is 9.55 Å². The number of benzene rings is 8. The van der Waals surface area contributed by atoms with Crippen LogP contribution in [0.1, 0.15) is 5.56 Å². The molecular formula is C46H27N3. The van der Waals surface area contributed by atoms with E-state index in [0.717, 1.165) is 76.6 Å². The lowest BCUT2D eigenvalue weighted by molar-refractivity contribution is 1.18. The second kappa shape index (κ2) is 10.6. The van der Waals surface area contributed by atoms with E-state index in [-0.39, 0.29) is 0 Å². The summed E-state index contributed by atoms with van der Waals surface area (Å²) in [7, 11) is 0. The normalized spacial score (nSPS) is 11.7. The largest absolute Gasteiger partial charge is 0.309 e. The molecule has 0 unspecified atom stereocenters. The summed E-state index contributed by atoms with van der Waals surface area (Å²) in [6.45, 7) is 0. The molecule has 3 nitrogen and oxygen atoms in total. The molecule has 0 spiro atoms. The topological polar surface area (TPSA) is 41.6 Å². The van der Waals surface area contributed by atoms with Crippen molar-refractivity contribution in [2.24, 2.45) is 0 Å². The summed E-state index contributed by atoms with van der Waals surface area (Å²) in [6, 6.07) is 60.3. The molecule has 2 heterocycles. The number of hydrogen-bond acceptors (Lipinski definition) is 2. The Hall–Kier alpha value is -6.76. The van der Waals surface area contributed by atoms with Crippen molar-refractivity contribution in [2.45, 2.75) is 0 Å². The minimum Gasteiger partial charge on any atom is -0.309 e. The molecule has 0 amide bonds. The molecule has 10 rings (SSSR count). The molecule has 10 aromatic rings. The predicted molar refractivity (Wildman–Crippen MR) is 204 cm³/mol. The number of fused-ring (bicyclic) bond motifs is 9. The lowest BCUT2D eigenvalue weighted by Gasteiger charge is -2.15.